The van der Waals surface area contributed by atoms with Gasteiger partial charge in [0, 0.05) is 25.0 Å². The van der Waals surface area contributed by atoms with Gasteiger partial charge in [-0.05, 0) is 18.2 Å². The molecule has 3 aromatic rings. The van der Waals surface area contributed by atoms with Crippen molar-refractivity contribution in [3.8, 4) is 5.75 Å². The lowest BCUT2D eigenvalue weighted by Crippen LogP contribution is -2.44. The molecule has 1 fully saturated rings. The maximum Gasteiger partial charge on any atom is 0.119 e. The van der Waals surface area contributed by atoms with Gasteiger partial charge in [0.25, 0.3) is 0 Å². The monoisotopic (exact) mass is 323 g/mol. The predicted octanol–water partition coefficient (Wildman–Crippen LogP) is 2.84. The number of fused-ring (bicyclic) bond motifs is 1. The Hall–Kier alpha value is -2.37. The topological polar surface area (TPSA) is 50.4 Å². The summed E-state index contributed by atoms with van der Waals surface area (Å²) in [6.07, 6.45) is 0.0909. The van der Waals surface area contributed by atoms with Crippen molar-refractivity contribution >= 4 is 10.9 Å². The van der Waals surface area contributed by atoms with Crippen LogP contribution >= 0.6 is 0 Å². The molecule has 1 saturated heterocycles. The van der Waals surface area contributed by atoms with Crippen LogP contribution in [0.15, 0.2) is 54.6 Å². The molecule has 124 valence electrons. The third kappa shape index (κ3) is 3.42. The highest BCUT2D eigenvalue weighted by atomic mass is 16.5. The Balaban J connectivity index is 1.36. The van der Waals surface area contributed by atoms with E-state index in [-0.39, 0.29) is 6.10 Å². The number of aromatic nitrogens is 2. The van der Waals surface area contributed by atoms with Crippen LogP contribution in [0.25, 0.3) is 10.9 Å². The van der Waals surface area contributed by atoms with Crippen molar-refractivity contribution in [1.82, 2.24) is 15.1 Å². The molecule has 1 atom stereocenters. The summed E-state index contributed by atoms with van der Waals surface area (Å²) in [5.74, 6) is 0.887. The minimum Gasteiger partial charge on any atom is -0.491 e. The highest BCUT2D eigenvalue weighted by Crippen LogP contribution is 2.18. The van der Waals surface area contributed by atoms with E-state index in [9.17, 15) is 0 Å². The number of nitrogens with one attached hydrogen (secondary N) is 1. The van der Waals surface area contributed by atoms with Gasteiger partial charge in [0.1, 0.15) is 18.5 Å². The van der Waals surface area contributed by atoms with Gasteiger partial charge in [0.2, 0.25) is 0 Å². The molecule has 0 amide bonds. The van der Waals surface area contributed by atoms with Crippen LogP contribution in [0.3, 0.4) is 0 Å². The number of para-hydroxylation sites is 2. The van der Waals surface area contributed by atoms with Crippen molar-refractivity contribution in [3.05, 3.63) is 60.3 Å². The minimum absolute atomic E-state index is 0.0909. The number of aromatic amines is 1. The van der Waals surface area contributed by atoms with Crippen LogP contribution in [-0.4, -0.2) is 47.5 Å². The molecule has 0 aliphatic carbocycles. The van der Waals surface area contributed by atoms with E-state index in [0.29, 0.717) is 6.61 Å². The van der Waals surface area contributed by atoms with Crippen molar-refractivity contribution in [1.29, 1.82) is 0 Å². The molecule has 1 aromatic heterocycles. The van der Waals surface area contributed by atoms with E-state index in [1.807, 2.05) is 42.5 Å². The molecule has 5 nitrogen and oxygen atoms in total. The lowest BCUT2D eigenvalue weighted by molar-refractivity contribution is -0.0506. The maximum atomic E-state index is 5.84. The van der Waals surface area contributed by atoms with E-state index in [4.69, 9.17) is 9.47 Å². The van der Waals surface area contributed by atoms with Gasteiger partial charge >= 0.3 is 0 Å². The zero-order valence-electron chi connectivity index (χ0n) is 13.5. The number of morpholine rings is 1. The molecule has 2 aromatic carbocycles. The number of hydrogen-bond acceptors (Lipinski definition) is 4. The second-order valence-corrected chi connectivity index (χ2v) is 6.07. The van der Waals surface area contributed by atoms with E-state index in [2.05, 4.69) is 27.2 Å². The SMILES string of the molecule is c1ccc(OC[C@@H]2CN(Cc3[nH]nc4ccccc34)CCO2)cc1. The van der Waals surface area contributed by atoms with Gasteiger partial charge in [0.15, 0.2) is 0 Å². The van der Waals surface area contributed by atoms with E-state index in [1.165, 1.54) is 5.39 Å². The number of H-pyrrole nitrogens is 1. The fraction of sp³-hybridized carbons (Fsp3) is 0.316. The molecule has 0 spiro atoms. The largest absolute Gasteiger partial charge is 0.491 e. The molecule has 24 heavy (non-hydrogen) atoms. The van der Waals surface area contributed by atoms with Crippen LogP contribution in [-0.2, 0) is 11.3 Å². The van der Waals surface area contributed by atoms with Gasteiger partial charge in [-0.25, -0.2) is 0 Å². The Morgan fingerprint density at radius 2 is 1.96 bits per heavy atom. The number of ether oxygens (including phenoxy) is 2. The third-order valence-electron chi connectivity index (χ3n) is 4.32. The van der Waals surface area contributed by atoms with Gasteiger partial charge in [0.05, 0.1) is 17.8 Å². The lowest BCUT2D eigenvalue weighted by Gasteiger charge is -2.32. The summed E-state index contributed by atoms with van der Waals surface area (Å²) in [5.41, 5.74) is 2.18. The highest BCUT2D eigenvalue weighted by molar-refractivity contribution is 5.81. The minimum atomic E-state index is 0.0909. The van der Waals surface area contributed by atoms with Crippen LogP contribution < -0.4 is 4.74 Å². The molecule has 0 bridgehead atoms. The van der Waals surface area contributed by atoms with Crippen LogP contribution in [0.2, 0.25) is 0 Å². The Morgan fingerprint density at radius 1 is 1.12 bits per heavy atom. The van der Waals surface area contributed by atoms with Crippen LogP contribution in [0.4, 0.5) is 0 Å². The van der Waals surface area contributed by atoms with Crippen molar-refractivity contribution in [3.63, 3.8) is 0 Å². The summed E-state index contributed by atoms with van der Waals surface area (Å²) < 4.78 is 11.7. The predicted molar refractivity (Wildman–Crippen MR) is 93.0 cm³/mol. The molecule has 5 heteroatoms. The number of nitrogens with zero attached hydrogens (tertiary/aromatic N) is 2. The summed E-state index contributed by atoms with van der Waals surface area (Å²) in [7, 11) is 0. The summed E-state index contributed by atoms with van der Waals surface area (Å²) in [6.45, 7) is 3.94. The zero-order valence-corrected chi connectivity index (χ0v) is 13.5. The molecule has 1 aliphatic rings. The summed E-state index contributed by atoms with van der Waals surface area (Å²) in [4.78, 5) is 2.39. The molecular formula is C19H21N3O2. The average molecular weight is 323 g/mol. The fourth-order valence-electron chi connectivity index (χ4n) is 3.09. The van der Waals surface area contributed by atoms with E-state index in [0.717, 1.165) is 43.2 Å². The van der Waals surface area contributed by atoms with Gasteiger partial charge in [-0.3, -0.25) is 10.00 Å². The molecular weight excluding hydrogens is 302 g/mol. The van der Waals surface area contributed by atoms with E-state index >= 15 is 0 Å². The average Bonchev–Trinajstić information content (AvgIpc) is 3.04. The molecule has 0 saturated carbocycles. The standard InChI is InChI=1S/C19H21N3O2/c1-2-6-15(7-3-1)24-14-16-12-22(10-11-23-16)13-19-17-8-4-5-9-18(17)20-21-19/h1-9,16H,10-14H2,(H,20,21)/t16-/m0/s1. The van der Waals surface area contributed by atoms with Gasteiger partial charge in [-0.2, -0.15) is 5.10 Å². The lowest BCUT2D eigenvalue weighted by atomic mass is 10.2. The highest BCUT2D eigenvalue weighted by Gasteiger charge is 2.22. The summed E-state index contributed by atoms with van der Waals surface area (Å²) in [6, 6.07) is 18.1. The van der Waals surface area contributed by atoms with Crippen LogP contribution in [0.5, 0.6) is 5.75 Å². The second kappa shape index (κ2) is 7.03. The Bertz CT molecular complexity index is 787. The maximum absolute atomic E-state index is 5.84. The van der Waals surface area contributed by atoms with Gasteiger partial charge in [-0.15, -0.1) is 0 Å². The third-order valence-corrected chi connectivity index (χ3v) is 4.32. The first-order chi connectivity index (χ1) is 11.9. The molecule has 0 radical (unpaired) electrons. The van der Waals surface area contributed by atoms with Gasteiger partial charge < -0.3 is 9.47 Å². The summed E-state index contributed by atoms with van der Waals surface area (Å²) in [5, 5.41) is 8.74. The Morgan fingerprint density at radius 3 is 2.88 bits per heavy atom. The Labute approximate surface area is 141 Å². The molecule has 1 aliphatic heterocycles. The molecule has 0 unspecified atom stereocenters. The van der Waals surface area contributed by atoms with E-state index < -0.39 is 0 Å². The van der Waals surface area contributed by atoms with Crippen LogP contribution in [0, 0.1) is 0 Å². The molecule has 2 heterocycles. The van der Waals surface area contributed by atoms with Gasteiger partial charge in [-0.1, -0.05) is 36.4 Å². The first kappa shape index (κ1) is 15.2. The number of benzene rings is 2. The Kier molecular flexibility index (Phi) is 4.44. The van der Waals surface area contributed by atoms with Crippen LogP contribution in [0.1, 0.15) is 5.69 Å². The fourth-order valence-corrected chi connectivity index (χ4v) is 3.09. The quantitative estimate of drug-likeness (QED) is 0.784. The first-order valence-electron chi connectivity index (χ1n) is 8.32. The van der Waals surface area contributed by atoms with Crippen molar-refractivity contribution in [2.75, 3.05) is 26.3 Å². The summed E-state index contributed by atoms with van der Waals surface area (Å²) >= 11 is 0. The van der Waals surface area contributed by atoms with E-state index in [1.54, 1.807) is 0 Å². The second-order valence-electron chi connectivity index (χ2n) is 6.07. The smallest absolute Gasteiger partial charge is 0.119 e. The molecule has 4 rings (SSSR count). The molecule has 1 N–H and O–H groups in total. The van der Waals surface area contributed by atoms with Crippen molar-refractivity contribution < 1.29 is 9.47 Å². The number of hydrogen-bond donors (Lipinski definition) is 1. The first-order valence-corrected chi connectivity index (χ1v) is 8.32. The normalized spacial score (nSPS) is 18.8. The zero-order chi connectivity index (χ0) is 16.2. The number of rotatable bonds is 5. The van der Waals surface area contributed by atoms with Crippen molar-refractivity contribution in [2.24, 2.45) is 0 Å². The van der Waals surface area contributed by atoms with Crippen molar-refractivity contribution in [2.45, 2.75) is 12.6 Å².